The van der Waals surface area contributed by atoms with Crippen LogP contribution < -0.4 is 0 Å². The zero-order valence-electron chi connectivity index (χ0n) is 42.3. The lowest BCUT2D eigenvalue weighted by Crippen LogP contribution is -2.30. The third-order valence-corrected chi connectivity index (χ3v) is 11.7. The molecule has 6 heteroatoms. The summed E-state index contributed by atoms with van der Waals surface area (Å²) < 4.78 is 16.8. The SMILES string of the molecule is CC/C=C\C/C=C\C/C=C\CCCCCCCCCCCC(=O)OCC(COC(=O)CCCCCCC/C=C\CCCCC)OC(=O)CCCCCCCCC/C=C\CCCCCC. The Morgan fingerprint density at radius 1 is 0.328 bits per heavy atom. The second kappa shape index (κ2) is 52.7. The molecular weight excluding hydrogens is 793 g/mol. The van der Waals surface area contributed by atoms with Gasteiger partial charge >= 0.3 is 17.9 Å². The number of rotatable bonds is 49. The van der Waals surface area contributed by atoms with Crippen LogP contribution in [-0.4, -0.2) is 37.2 Å². The van der Waals surface area contributed by atoms with Crippen LogP contribution in [0.25, 0.3) is 0 Å². The number of esters is 3. The summed E-state index contributed by atoms with van der Waals surface area (Å²) in [5.41, 5.74) is 0. The third-order valence-electron chi connectivity index (χ3n) is 11.7. The molecule has 0 amide bonds. The fraction of sp³-hybridized carbons (Fsp3) is 0.776. The number of carbonyl (C=O) groups is 3. The molecule has 0 spiro atoms. The maximum Gasteiger partial charge on any atom is 0.306 e. The van der Waals surface area contributed by atoms with Crippen LogP contribution in [0.3, 0.4) is 0 Å². The van der Waals surface area contributed by atoms with Crippen molar-refractivity contribution in [2.24, 2.45) is 0 Å². The Kier molecular flexibility index (Phi) is 50.4. The van der Waals surface area contributed by atoms with Gasteiger partial charge in [-0.15, -0.1) is 0 Å². The molecule has 64 heavy (non-hydrogen) atoms. The Hall–Kier alpha value is -2.89. The van der Waals surface area contributed by atoms with Gasteiger partial charge in [-0.2, -0.15) is 0 Å². The fourth-order valence-electron chi connectivity index (χ4n) is 7.62. The summed E-state index contributed by atoms with van der Waals surface area (Å²) in [7, 11) is 0. The van der Waals surface area contributed by atoms with E-state index < -0.39 is 6.10 Å². The van der Waals surface area contributed by atoms with Gasteiger partial charge < -0.3 is 14.2 Å². The van der Waals surface area contributed by atoms with Crippen molar-refractivity contribution in [1.29, 1.82) is 0 Å². The summed E-state index contributed by atoms with van der Waals surface area (Å²) in [5, 5.41) is 0. The molecule has 0 saturated heterocycles. The highest BCUT2D eigenvalue weighted by Crippen LogP contribution is 2.15. The Morgan fingerprint density at radius 2 is 0.609 bits per heavy atom. The second-order valence-corrected chi connectivity index (χ2v) is 18.1. The molecule has 0 heterocycles. The van der Waals surface area contributed by atoms with Crippen molar-refractivity contribution in [2.75, 3.05) is 13.2 Å². The first-order chi connectivity index (χ1) is 31.5. The highest BCUT2D eigenvalue weighted by atomic mass is 16.6. The van der Waals surface area contributed by atoms with Crippen molar-refractivity contribution in [3.63, 3.8) is 0 Å². The van der Waals surface area contributed by atoms with Crippen LogP contribution in [0.4, 0.5) is 0 Å². The monoisotopic (exact) mass is 895 g/mol. The van der Waals surface area contributed by atoms with E-state index in [2.05, 4.69) is 81.5 Å². The molecule has 0 aliphatic rings. The highest BCUT2D eigenvalue weighted by molar-refractivity contribution is 5.71. The summed E-state index contributed by atoms with van der Waals surface area (Å²) in [6, 6.07) is 0. The minimum atomic E-state index is -0.781. The highest BCUT2D eigenvalue weighted by Gasteiger charge is 2.19. The maximum absolute atomic E-state index is 12.8. The van der Waals surface area contributed by atoms with Crippen LogP contribution in [0.5, 0.6) is 0 Å². The quantitative estimate of drug-likeness (QED) is 0.0262. The van der Waals surface area contributed by atoms with E-state index in [1.54, 1.807) is 0 Å². The molecule has 0 radical (unpaired) electrons. The summed E-state index contributed by atoms with van der Waals surface area (Å²) in [4.78, 5) is 38.0. The van der Waals surface area contributed by atoms with E-state index in [4.69, 9.17) is 14.2 Å². The molecule has 370 valence electrons. The topological polar surface area (TPSA) is 78.9 Å². The average Bonchev–Trinajstić information content (AvgIpc) is 3.29. The van der Waals surface area contributed by atoms with E-state index in [-0.39, 0.29) is 31.1 Å². The lowest BCUT2D eigenvalue weighted by atomic mass is 10.1. The van der Waals surface area contributed by atoms with E-state index in [0.717, 1.165) is 83.5 Å². The first kappa shape index (κ1) is 61.1. The number of hydrogen-bond donors (Lipinski definition) is 0. The number of ether oxygens (including phenoxy) is 3. The normalized spacial score (nSPS) is 12.5. The minimum Gasteiger partial charge on any atom is -0.462 e. The molecule has 0 aromatic heterocycles. The van der Waals surface area contributed by atoms with Gasteiger partial charge in [0.15, 0.2) is 6.10 Å². The van der Waals surface area contributed by atoms with Crippen LogP contribution in [0.2, 0.25) is 0 Å². The van der Waals surface area contributed by atoms with Crippen molar-refractivity contribution >= 4 is 17.9 Å². The zero-order valence-corrected chi connectivity index (χ0v) is 42.3. The second-order valence-electron chi connectivity index (χ2n) is 18.1. The van der Waals surface area contributed by atoms with Crippen LogP contribution in [-0.2, 0) is 28.6 Å². The third kappa shape index (κ3) is 50.1. The number of unbranched alkanes of at least 4 members (excludes halogenated alkanes) is 28. The Labute approximate surface area is 396 Å². The summed E-state index contributed by atoms with van der Waals surface area (Å²) in [5.74, 6) is -0.892. The van der Waals surface area contributed by atoms with Gasteiger partial charge in [-0.3, -0.25) is 14.4 Å². The van der Waals surface area contributed by atoms with E-state index in [1.165, 1.54) is 148 Å². The molecule has 0 aromatic rings. The first-order valence-electron chi connectivity index (χ1n) is 27.3. The van der Waals surface area contributed by atoms with Gasteiger partial charge in [-0.1, -0.05) is 210 Å². The molecule has 0 aromatic carbocycles. The lowest BCUT2D eigenvalue weighted by Gasteiger charge is -2.18. The summed E-state index contributed by atoms with van der Waals surface area (Å²) >= 11 is 0. The maximum atomic E-state index is 12.8. The standard InChI is InChI=1S/C58H102O6/c1-4-7-10-13-16-19-22-25-27-28-29-30-32-33-36-39-42-45-48-51-57(60)63-54-55(53-62-56(59)50-47-44-41-38-35-24-21-18-15-12-9-6-3)64-58(61)52-49-46-43-40-37-34-31-26-23-20-17-14-11-8-5-2/h7,10,16,18-21,23,25,27,55H,4-6,8-9,11-15,17,22,24,26,28-54H2,1-3H3/b10-7-,19-16-,21-18-,23-20-,27-25-. The predicted molar refractivity (Wildman–Crippen MR) is 275 cm³/mol. The minimum absolute atomic E-state index is 0.0806. The van der Waals surface area contributed by atoms with Gasteiger partial charge in [0.25, 0.3) is 0 Å². The molecular formula is C58H102O6. The van der Waals surface area contributed by atoms with E-state index in [0.29, 0.717) is 19.3 Å². The fourth-order valence-corrected chi connectivity index (χ4v) is 7.62. The van der Waals surface area contributed by atoms with Gasteiger partial charge in [0, 0.05) is 19.3 Å². The van der Waals surface area contributed by atoms with Crippen LogP contribution in [0, 0.1) is 0 Å². The molecule has 0 bridgehead atoms. The Balaban J connectivity index is 4.35. The molecule has 0 aliphatic heterocycles. The van der Waals surface area contributed by atoms with Crippen molar-refractivity contribution in [1.82, 2.24) is 0 Å². The lowest BCUT2D eigenvalue weighted by molar-refractivity contribution is -0.167. The van der Waals surface area contributed by atoms with E-state index >= 15 is 0 Å². The molecule has 0 rings (SSSR count). The van der Waals surface area contributed by atoms with Crippen LogP contribution in [0.15, 0.2) is 60.8 Å². The largest absolute Gasteiger partial charge is 0.462 e. The Morgan fingerprint density at radius 3 is 1.00 bits per heavy atom. The number of allylic oxidation sites excluding steroid dienone is 10. The van der Waals surface area contributed by atoms with Crippen LogP contribution in [0.1, 0.15) is 271 Å². The molecule has 1 unspecified atom stereocenters. The van der Waals surface area contributed by atoms with Crippen LogP contribution >= 0.6 is 0 Å². The predicted octanol–water partition coefficient (Wildman–Crippen LogP) is 18.0. The number of carbonyl (C=O) groups excluding carboxylic acids is 3. The van der Waals surface area contributed by atoms with Crippen molar-refractivity contribution in [2.45, 2.75) is 277 Å². The Bertz CT molecular complexity index is 1170. The molecule has 0 N–H and O–H groups in total. The van der Waals surface area contributed by atoms with Gasteiger partial charge in [0.05, 0.1) is 0 Å². The molecule has 0 fully saturated rings. The van der Waals surface area contributed by atoms with Gasteiger partial charge in [0.2, 0.25) is 0 Å². The zero-order chi connectivity index (χ0) is 46.5. The molecule has 0 saturated carbocycles. The van der Waals surface area contributed by atoms with E-state index in [9.17, 15) is 14.4 Å². The average molecular weight is 895 g/mol. The van der Waals surface area contributed by atoms with Gasteiger partial charge in [-0.25, -0.2) is 0 Å². The van der Waals surface area contributed by atoms with Crippen molar-refractivity contribution in [3.8, 4) is 0 Å². The van der Waals surface area contributed by atoms with E-state index in [1.807, 2.05) is 0 Å². The van der Waals surface area contributed by atoms with Crippen molar-refractivity contribution in [3.05, 3.63) is 60.8 Å². The van der Waals surface area contributed by atoms with Crippen molar-refractivity contribution < 1.29 is 28.6 Å². The first-order valence-corrected chi connectivity index (χ1v) is 27.3. The number of hydrogen-bond acceptors (Lipinski definition) is 6. The van der Waals surface area contributed by atoms with Gasteiger partial charge in [-0.05, 0) is 103 Å². The smallest absolute Gasteiger partial charge is 0.306 e. The summed E-state index contributed by atoms with van der Waals surface area (Å²) in [6.07, 6.45) is 64.9. The van der Waals surface area contributed by atoms with Gasteiger partial charge in [0.1, 0.15) is 13.2 Å². The summed E-state index contributed by atoms with van der Waals surface area (Å²) in [6.45, 7) is 6.49. The molecule has 1 atom stereocenters. The molecule has 6 nitrogen and oxygen atoms in total. The molecule has 0 aliphatic carbocycles.